The van der Waals surface area contributed by atoms with Crippen LogP contribution >= 0.6 is 11.6 Å². The van der Waals surface area contributed by atoms with Gasteiger partial charge in [-0.2, -0.15) is 0 Å². The molecule has 176 valence electrons. The van der Waals surface area contributed by atoms with Crippen molar-refractivity contribution in [3.05, 3.63) is 69.5 Å². The lowest BCUT2D eigenvalue weighted by molar-refractivity contribution is 0.0683. The van der Waals surface area contributed by atoms with E-state index in [1.165, 1.54) is 35.8 Å². The average molecular weight is 492 g/mol. The third kappa shape index (κ3) is 4.86. The van der Waals surface area contributed by atoms with Gasteiger partial charge in [0.1, 0.15) is 17.2 Å². The number of carboxylic acids is 1. The summed E-state index contributed by atoms with van der Waals surface area (Å²) >= 11 is 6.19. The van der Waals surface area contributed by atoms with Gasteiger partial charge in [-0.3, -0.25) is 0 Å². The Kier molecular flexibility index (Phi) is 7.09. The highest BCUT2D eigenvalue weighted by Crippen LogP contribution is 2.32. The maximum absolute atomic E-state index is 13.3. The van der Waals surface area contributed by atoms with E-state index in [0.29, 0.717) is 29.5 Å². The van der Waals surface area contributed by atoms with Gasteiger partial charge in [0.25, 0.3) is 0 Å². The van der Waals surface area contributed by atoms with Gasteiger partial charge in [0.15, 0.2) is 0 Å². The SMILES string of the molecule is Cc1cc(OCCCn2c(C)c(S(=O)(=O)c3ccc(O)cc3)c(C)c2C(=O)O)cc(C)c1Cl. The number of sulfone groups is 1. The lowest BCUT2D eigenvalue weighted by Gasteiger charge is -2.12. The highest BCUT2D eigenvalue weighted by Gasteiger charge is 2.31. The van der Waals surface area contributed by atoms with Crippen LogP contribution in [-0.4, -0.2) is 35.8 Å². The quantitative estimate of drug-likeness (QED) is 0.425. The Morgan fingerprint density at radius 1 is 1.06 bits per heavy atom. The highest BCUT2D eigenvalue weighted by atomic mass is 35.5. The monoisotopic (exact) mass is 491 g/mol. The minimum Gasteiger partial charge on any atom is -0.508 e. The van der Waals surface area contributed by atoms with Crippen molar-refractivity contribution in [2.75, 3.05) is 6.61 Å². The van der Waals surface area contributed by atoms with Crippen LogP contribution in [0.2, 0.25) is 5.02 Å². The van der Waals surface area contributed by atoms with Crippen LogP contribution < -0.4 is 4.74 Å². The number of phenols is 1. The second kappa shape index (κ2) is 9.49. The average Bonchev–Trinajstić information content (AvgIpc) is 2.99. The minimum absolute atomic E-state index is 0.0163. The van der Waals surface area contributed by atoms with E-state index in [1.807, 2.05) is 26.0 Å². The number of phenolic OH excluding ortho intramolecular Hbond substituents is 1. The molecule has 33 heavy (non-hydrogen) atoms. The Morgan fingerprint density at radius 2 is 1.64 bits per heavy atom. The summed E-state index contributed by atoms with van der Waals surface area (Å²) in [5.74, 6) is -0.589. The van der Waals surface area contributed by atoms with E-state index in [2.05, 4.69) is 0 Å². The lowest BCUT2D eigenvalue weighted by atomic mass is 10.1. The molecule has 0 aliphatic rings. The number of hydrogen-bond acceptors (Lipinski definition) is 5. The fourth-order valence-electron chi connectivity index (χ4n) is 3.97. The largest absolute Gasteiger partial charge is 0.508 e. The maximum Gasteiger partial charge on any atom is 0.352 e. The number of hydrogen-bond donors (Lipinski definition) is 2. The van der Waals surface area contributed by atoms with Crippen molar-refractivity contribution in [1.29, 1.82) is 0 Å². The van der Waals surface area contributed by atoms with E-state index in [1.54, 1.807) is 6.92 Å². The van der Waals surface area contributed by atoms with Gasteiger partial charge in [0, 0.05) is 22.8 Å². The van der Waals surface area contributed by atoms with Crippen molar-refractivity contribution in [1.82, 2.24) is 4.57 Å². The first-order valence-corrected chi connectivity index (χ1v) is 12.2. The van der Waals surface area contributed by atoms with Crippen LogP contribution in [0, 0.1) is 27.7 Å². The Bertz CT molecular complexity index is 1290. The second-order valence-corrected chi connectivity index (χ2v) is 10.2. The lowest BCUT2D eigenvalue weighted by Crippen LogP contribution is -2.13. The molecular formula is C24H26ClNO6S. The Balaban J connectivity index is 1.87. The molecule has 3 rings (SSSR count). The summed E-state index contributed by atoms with van der Waals surface area (Å²) in [5, 5.41) is 19.9. The molecule has 0 aliphatic heterocycles. The fraction of sp³-hybridized carbons (Fsp3) is 0.292. The minimum atomic E-state index is -3.98. The Labute approximate surface area is 198 Å². The second-order valence-electron chi connectivity index (χ2n) is 7.92. The first-order valence-electron chi connectivity index (χ1n) is 10.3. The summed E-state index contributed by atoms with van der Waals surface area (Å²) in [6.07, 6.45) is 0.467. The molecule has 3 aromatic rings. The summed E-state index contributed by atoms with van der Waals surface area (Å²) in [7, 11) is -3.98. The molecule has 0 bridgehead atoms. The topological polar surface area (TPSA) is 106 Å². The van der Waals surface area contributed by atoms with Crippen LogP contribution in [-0.2, 0) is 16.4 Å². The summed E-state index contributed by atoms with van der Waals surface area (Å²) < 4.78 is 33.8. The van der Waals surface area contributed by atoms with Crippen molar-refractivity contribution in [3.63, 3.8) is 0 Å². The van der Waals surface area contributed by atoms with E-state index >= 15 is 0 Å². The molecule has 1 heterocycles. The van der Waals surface area contributed by atoms with Crippen LogP contribution in [0.3, 0.4) is 0 Å². The van der Waals surface area contributed by atoms with Gasteiger partial charge < -0.3 is 19.5 Å². The molecule has 0 amide bonds. The molecule has 0 aliphatic carbocycles. The smallest absolute Gasteiger partial charge is 0.352 e. The number of ether oxygens (including phenoxy) is 1. The van der Waals surface area contributed by atoms with E-state index in [4.69, 9.17) is 16.3 Å². The van der Waals surface area contributed by atoms with Crippen LogP contribution in [0.1, 0.15) is 39.3 Å². The third-order valence-corrected chi connectivity index (χ3v) is 8.15. The van der Waals surface area contributed by atoms with Gasteiger partial charge in [-0.25, -0.2) is 13.2 Å². The normalized spacial score (nSPS) is 11.5. The highest BCUT2D eigenvalue weighted by molar-refractivity contribution is 7.91. The third-order valence-electron chi connectivity index (χ3n) is 5.52. The molecular weight excluding hydrogens is 466 g/mol. The molecule has 0 saturated heterocycles. The van der Waals surface area contributed by atoms with Crippen LogP contribution in [0.4, 0.5) is 0 Å². The van der Waals surface area contributed by atoms with Gasteiger partial charge in [-0.05, 0) is 81.6 Å². The van der Waals surface area contributed by atoms with Crippen LogP contribution in [0.25, 0.3) is 0 Å². The van der Waals surface area contributed by atoms with Crippen molar-refractivity contribution in [2.45, 2.75) is 50.5 Å². The van der Waals surface area contributed by atoms with Crippen molar-refractivity contribution >= 4 is 27.4 Å². The summed E-state index contributed by atoms with van der Waals surface area (Å²) in [6.45, 7) is 7.46. The summed E-state index contributed by atoms with van der Waals surface area (Å²) in [4.78, 5) is 11.9. The molecule has 0 atom stereocenters. The standard InChI is InChI=1S/C24H26ClNO6S/c1-14-12-19(13-15(2)21(14)25)32-11-5-10-26-17(4)23(16(3)22(26)24(28)29)33(30,31)20-8-6-18(27)7-9-20/h6-9,12-13,27H,5,10-11H2,1-4H3,(H,28,29). The molecule has 7 nitrogen and oxygen atoms in total. The van der Waals surface area contributed by atoms with Crippen molar-refractivity contribution in [3.8, 4) is 11.5 Å². The molecule has 0 unspecified atom stereocenters. The number of aromatic nitrogens is 1. The Morgan fingerprint density at radius 3 is 2.18 bits per heavy atom. The van der Waals surface area contributed by atoms with Crippen LogP contribution in [0.15, 0.2) is 46.2 Å². The Hall–Kier alpha value is -2.97. The first kappa shape index (κ1) is 24.7. The molecule has 0 radical (unpaired) electrons. The number of aromatic hydroxyl groups is 1. The van der Waals surface area contributed by atoms with Gasteiger partial charge in [0.05, 0.1) is 16.4 Å². The van der Waals surface area contributed by atoms with Crippen molar-refractivity contribution in [2.24, 2.45) is 0 Å². The van der Waals surface area contributed by atoms with E-state index in [0.717, 1.165) is 11.1 Å². The molecule has 9 heteroatoms. The predicted octanol–water partition coefficient (Wildman–Crippen LogP) is 5.08. The first-order chi connectivity index (χ1) is 15.4. The number of halogens is 1. The number of benzene rings is 2. The summed E-state index contributed by atoms with van der Waals surface area (Å²) in [6, 6.07) is 8.84. The van der Waals surface area contributed by atoms with Crippen LogP contribution in [0.5, 0.6) is 11.5 Å². The number of rotatable bonds is 8. The van der Waals surface area contributed by atoms with Gasteiger partial charge >= 0.3 is 5.97 Å². The molecule has 0 fully saturated rings. The number of aryl methyl sites for hydroxylation is 2. The van der Waals surface area contributed by atoms with Gasteiger partial charge in [-0.15, -0.1) is 0 Å². The van der Waals surface area contributed by atoms with Crippen molar-refractivity contribution < 1.29 is 28.2 Å². The van der Waals surface area contributed by atoms with E-state index in [9.17, 15) is 23.4 Å². The zero-order valence-electron chi connectivity index (χ0n) is 18.8. The number of carboxylic acid groups (broad SMARTS) is 1. The molecule has 0 spiro atoms. The van der Waals surface area contributed by atoms with E-state index < -0.39 is 15.8 Å². The molecule has 2 N–H and O–H groups in total. The maximum atomic E-state index is 13.3. The van der Waals surface area contributed by atoms with Gasteiger partial charge in [-0.1, -0.05) is 11.6 Å². The van der Waals surface area contributed by atoms with Gasteiger partial charge in [0.2, 0.25) is 9.84 Å². The number of carbonyl (C=O) groups is 1. The number of nitrogens with zero attached hydrogens (tertiary/aromatic N) is 1. The summed E-state index contributed by atoms with van der Waals surface area (Å²) in [5.41, 5.74) is 2.26. The molecule has 1 aromatic heterocycles. The fourth-order valence-corrected chi connectivity index (χ4v) is 5.81. The predicted molar refractivity (Wildman–Crippen MR) is 125 cm³/mol. The zero-order chi connectivity index (χ0) is 24.5. The zero-order valence-corrected chi connectivity index (χ0v) is 20.4. The van der Waals surface area contributed by atoms with E-state index in [-0.39, 0.29) is 33.3 Å². The molecule has 0 saturated carbocycles. The molecule has 2 aromatic carbocycles. The number of aromatic carboxylic acids is 1.